The van der Waals surface area contributed by atoms with E-state index in [1.54, 1.807) is 0 Å². The van der Waals surface area contributed by atoms with Gasteiger partial charge >= 0.3 is 0 Å². The van der Waals surface area contributed by atoms with Crippen molar-refractivity contribution in [1.82, 2.24) is 5.09 Å². The number of hydrogen-bond donors (Lipinski definition) is 1. The van der Waals surface area contributed by atoms with Gasteiger partial charge in [0.05, 0.1) is 0 Å². The molecule has 2 atom stereocenters. The van der Waals surface area contributed by atoms with Gasteiger partial charge in [0.25, 0.3) is 0 Å². The van der Waals surface area contributed by atoms with Gasteiger partial charge in [-0.1, -0.05) is 79.6 Å². The molecule has 27 heavy (non-hydrogen) atoms. The highest BCUT2D eigenvalue weighted by atomic mass is 31.2. The molecule has 1 aliphatic rings. The predicted octanol–water partition coefficient (Wildman–Crippen LogP) is 5.23. The molecule has 1 N–H and O–H groups in total. The molecule has 4 rings (SSSR count). The highest BCUT2D eigenvalue weighted by molar-refractivity contribution is 7.76. The molecule has 3 heteroatoms. The summed E-state index contributed by atoms with van der Waals surface area (Å²) in [6.07, 6.45) is 4.62. The molecule has 0 spiro atoms. The maximum atomic E-state index is 14.4. The molecule has 1 fully saturated rings. The van der Waals surface area contributed by atoms with E-state index in [-0.39, 0.29) is 6.04 Å². The van der Waals surface area contributed by atoms with Gasteiger partial charge in [-0.05, 0) is 48.6 Å². The van der Waals surface area contributed by atoms with Gasteiger partial charge < -0.3 is 0 Å². The zero-order valence-corrected chi connectivity index (χ0v) is 16.4. The van der Waals surface area contributed by atoms with E-state index in [9.17, 15) is 4.57 Å². The van der Waals surface area contributed by atoms with E-state index in [4.69, 9.17) is 0 Å². The molecule has 0 saturated heterocycles. The second-order valence-electron chi connectivity index (χ2n) is 7.32. The second-order valence-corrected chi connectivity index (χ2v) is 9.83. The summed E-state index contributed by atoms with van der Waals surface area (Å²) in [6, 6.07) is 30.7. The molecule has 3 aromatic carbocycles. The summed E-state index contributed by atoms with van der Waals surface area (Å²) in [5.41, 5.74) is 1.35. The minimum absolute atomic E-state index is 0.215. The van der Waals surface area contributed by atoms with Crippen molar-refractivity contribution in [3.8, 4) is 0 Å². The molecule has 0 unspecified atom stereocenters. The lowest BCUT2D eigenvalue weighted by atomic mass is 9.80. The summed E-state index contributed by atoms with van der Waals surface area (Å²) in [5.74, 6) is 0.403. The van der Waals surface area contributed by atoms with Crippen LogP contribution >= 0.6 is 7.29 Å². The van der Waals surface area contributed by atoms with Crippen LogP contribution in [0.2, 0.25) is 0 Å². The maximum absolute atomic E-state index is 14.4. The van der Waals surface area contributed by atoms with Crippen molar-refractivity contribution < 1.29 is 4.57 Å². The van der Waals surface area contributed by atoms with Crippen LogP contribution in [0.15, 0.2) is 91.0 Å². The zero-order chi connectivity index (χ0) is 18.5. The fraction of sp³-hybridized carbons (Fsp3) is 0.250. The van der Waals surface area contributed by atoms with E-state index in [0.717, 1.165) is 23.5 Å². The highest BCUT2D eigenvalue weighted by Crippen LogP contribution is 2.44. The molecule has 138 valence electrons. The van der Waals surface area contributed by atoms with Gasteiger partial charge in [0.1, 0.15) is 0 Å². The van der Waals surface area contributed by atoms with Crippen LogP contribution in [-0.2, 0) is 4.57 Å². The summed E-state index contributed by atoms with van der Waals surface area (Å²) < 4.78 is 14.4. The van der Waals surface area contributed by atoms with E-state index in [0.29, 0.717) is 5.92 Å². The first-order valence-corrected chi connectivity index (χ1v) is 11.5. The van der Waals surface area contributed by atoms with Gasteiger partial charge in [0.2, 0.25) is 7.29 Å². The second kappa shape index (κ2) is 8.25. The van der Waals surface area contributed by atoms with Crippen molar-refractivity contribution in [3.63, 3.8) is 0 Å². The Morgan fingerprint density at radius 1 is 0.667 bits per heavy atom. The van der Waals surface area contributed by atoms with Crippen molar-refractivity contribution in [2.24, 2.45) is 0 Å². The third-order valence-corrected chi connectivity index (χ3v) is 8.33. The van der Waals surface area contributed by atoms with Crippen molar-refractivity contribution in [3.05, 3.63) is 96.6 Å². The van der Waals surface area contributed by atoms with Crippen molar-refractivity contribution >= 4 is 17.9 Å². The van der Waals surface area contributed by atoms with Crippen LogP contribution in [0.4, 0.5) is 0 Å². The van der Waals surface area contributed by atoms with Gasteiger partial charge in [0.15, 0.2) is 0 Å². The summed E-state index contributed by atoms with van der Waals surface area (Å²) in [4.78, 5) is 0. The first-order valence-electron chi connectivity index (χ1n) is 9.81. The Morgan fingerprint density at radius 3 is 1.70 bits per heavy atom. The largest absolute Gasteiger partial charge is 0.297 e. The standard InChI is InChI=1S/C24H26NOP/c26-27(21-14-6-2-7-15-21,22-16-8-3-9-17-22)25-24-19-11-10-18-23(24)20-12-4-1-5-13-20/h1-9,12-17,23-24H,10-11,18-19H2,(H,25,26)/t23-,24+/m1/s1. The lowest BCUT2D eigenvalue weighted by Gasteiger charge is -2.36. The minimum Gasteiger partial charge on any atom is -0.297 e. The number of benzene rings is 3. The smallest absolute Gasteiger partial charge is 0.204 e. The lowest BCUT2D eigenvalue weighted by molar-refractivity contribution is 0.363. The molecule has 1 saturated carbocycles. The van der Waals surface area contributed by atoms with Gasteiger partial charge in [-0.3, -0.25) is 9.65 Å². The molecule has 0 radical (unpaired) electrons. The average molecular weight is 375 g/mol. The van der Waals surface area contributed by atoms with Crippen LogP contribution in [0.5, 0.6) is 0 Å². The summed E-state index contributed by atoms with van der Waals surface area (Å²) >= 11 is 0. The maximum Gasteiger partial charge on any atom is 0.204 e. The van der Waals surface area contributed by atoms with E-state index < -0.39 is 7.29 Å². The van der Waals surface area contributed by atoms with Crippen LogP contribution < -0.4 is 15.7 Å². The summed E-state index contributed by atoms with van der Waals surface area (Å²) in [7, 11) is -2.90. The Bertz CT molecular complexity index is 852. The average Bonchev–Trinajstić information content (AvgIpc) is 2.76. The lowest BCUT2D eigenvalue weighted by Crippen LogP contribution is -2.40. The zero-order valence-electron chi connectivity index (χ0n) is 15.5. The number of rotatable bonds is 5. The summed E-state index contributed by atoms with van der Waals surface area (Å²) in [5, 5.41) is 5.43. The van der Waals surface area contributed by atoms with Crippen molar-refractivity contribution in [2.75, 3.05) is 0 Å². The molecule has 3 aromatic rings. The number of nitrogens with one attached hydrogen (secondary N) is 1. The molecule has 1 aliphatic carbocycles. The Kier molecular flexibility index (Phi) is 5.57. The number of hydrogen-bond acceptors (Lipinski definition) is 1. The molecule has 0 aromatic heterocycles. The molecular weight excluding hydrogens is 349 g/mol. The Labute approximate surface area is 162 Å². The fourth-order valence-electron chi connectivity index (χ4n) is 4.19. The summed E-state index contributed by atoms with van der Waals surface area (Å²) in [6.45, 7) is 0. The normalized spacial score (nSPS) is 20.3. The third kappa shape index (κ3) is 3.93. The van der Waals surface area contributed by atoms with Crippen LogP contribution in [0.3, 0.4) is 0 Å². The van der Waals surface area contributed by atoms with E-state index in [1.807, 2.05) is 60.7 Å². The van der Waals surface area contributed by atoms with Crippen LogP contribution in [0, 0.1) is 0 Å². The molecule has 0 bridgehead atoms. The molecule has 2 nitrogen and oxygen atoms in total. The Hall–Kier alpha value is -2.15. The van der Waals surface area contributed by atoms with E-state index >= 15 is 0 Å². The molecule has 0 heterocycles. The topological polar surface area (TPSA) is 29.1 Å². The minimum atomic E-state index is -2.90. The van der Waals surface area contributed by atoms with Gasteiger partial charge in [0, 0.05) is 16.7 Å². The van der Waals surface area contributed by atoms with Crippen molar-refractivity contribution in [2.45, 2.75) is 37.6 Å². The predicted molar refractivity (Wildman–Crippen MR) is 114 cm³/mol. The van der Waals surface area contributed by atoms with Crippen LogP contribution in [0.1, 0.15) is 37.2 Å². The molecule has 0 amide bonds. The first-order chi connectivity index (χ1) is 13.3. The molecular formula is C24H26NOP. The molecule has 0 aliphatic heterocycles. The Balaban J connectivity index is 1.72. The van der Waals surface area contributed by atoms with E-state index in [2.05, 4.69) is 35.4 Å². The van der Waals surface area contributed by atoms with Crippen LogP contribution in [-0.4, -0.2) is 6.04 Å². The highest BCUT2D eigenvalue weighted by Gasteiger charge is 2.35. The monoisotopic (exact) mass is 375 g/mol. The van der Waals surface area contributed by atoms with E-state index in [1.165, 1.54) is 18.4 Å². The quantitative estimate of drug-likeness (QED) is 0.619. The van der Waals surface area contributed by atoms with Gasteiger partial charge in [-0.2, -0.15) is 0 Å². The fourth-order valence-corrected chi connectivity index (χ4v) is 6.75. The Morgan fingerprint density at radius 2 is 1.15 bits per heavy atom. The third-order valence-electron chi connectivity index (χ3n) is 5.58. The van der Waals surface area contributed by atoms with Gasteiger partial charge in [-0.25, -0.2) is 0 Å². The van der Waals surface area contributed by atoms with Crippen molar-refractivity contribution in [1.29, 1.82) is 0 Å². The van der Waals surface area contributed by atoms with Gasteiger partial charge in [-0.15, -0.1) is 0 Å². The SMILES string of the molecule is O=P(N[C@H]1CCCC[C@@H]1c1ccccc1)(c1ccccc1)c1ccccc1. The van der Waals surface area contributed by atoms with Crippen LogP contribution in [0.25, 0.3) is 0 Å². The first kappa shape index (κ1) is 18.2.